The first-order valence-corrected chi connectivity index (χ1v) is 40.2. The van der Waals surface area contributed by atoms with E-state index < -0.39 is 76.7 Å². The van der Waals surface area contributed by atoms with Gasteiger partial charge in [-0.15, -0.1) is 0 Å². The molecule has 0 spiro atoms. The monoisotopic (exact) mass is 1660 g/mol. The molecule has 4 heterocycles. The van der Waals surface area contributed by atoms with Gasteiger partial charge in [-0.2, -0.15) is 52.7 Å². The first-order valence-electron chi connectivity index (χ1n) is 40.2. The smallest absolute Gasteiger partial charge is 0.416 e. The van der Waals surface area contributed by atoms with Gasteiger partial charge in [-0.3, -0.25) is 14.4 Å². The second kappa shape index (κ2) is 40.2. The standard InChI is InChI=1S/C33H41F3N2O2.C32H35F6N3O2.C29H33F3N2O2/c1-21(2)16-17-38(27-14-12-25(13-15-27)32(5,6)7)30-20-24(28(31(39)40)18-22(3)4)19-29(37-30)23-8-10-26(11-9-23)33(34,35)36;1-21(2)18-27(30(42)43)23-19-28(22-6-8-24(9-7-22)31(33,34)35)39-29(20-23)41(17-16-40-14-4-3-5-15-40)26-12-10-25(11-13-26)32(36,37)38;1-19(2)14-15-34(24-12-10-22(11-13-24)28(3,4)5)26-17-20(18-27(35)36)16-25(33-26)21-6-8-23(9-7-21)29(30,31)32/h8-15,19-22,28H,16-18H2,1-7H3,(H,39,40);6-13,19-21,27H,3-5,14-18H2,1-2H3,(H,42,43);6-13,16-17,19H,14-15,18H2,1-5H3,(H,35,36). The van der Waals surface area contributed by atoms with Crippen molar-refractivity contribution in [2.45, 2.75) is 196 Å². The normalized spacial score (nSPS) is 13.7. The SMILES string of the molecule is CC(C)CC(C(=O)O)c1cc(-c2ccc(C(F)(F)F)cc2)nc(N(CCN2CCCCC2)c2ccc(C(F)(F)F)cc2)c1.CC(C)CCN(c1ccc(C(C)(C)C)cc1)c1cc(C(CC(C)C)C(=O)O)cc(-c2ccc(C(F)(F)F)cc2)n1.CC(C)CCN(c1ccc(C(C)(C)C)cc1)c1cc(CC(=O)O)cc(-c2ccc(C(F)(F)F)cc2)n1. The predicted octanol–water partition coefficient (Wildman–Crippen LogP) is 26.0. The first-order chi connectivity index (χ1) is 55.5. The molecule has 3 N–H and O–H groups in total. The molecule has 1 aliphatic rings. The van der Waals surface area contributed by atoms with Gasteiger partial charge in [0.2, 0.25) is 0 Å². The minimum absolute atomic E-state index is 0.00328. The van der Waals surface area contributed by atoms with Crippen LogP contribution in [-0.4, -0.2) is 92.3 Å². The summed E-state index contributed by atoms with van der Waals surface area (Å²) in [6, 6.07) is 45.4. The van der Waals surface area contributed by atoms with E-state index in [9.17, 15) is 82.4 Å². The Kier molecular flexibility index (Phi) is 31.8. The van der Waals surface area contributed by atoms with Crippen LogP contribution in [0, 0.1) is 23.7 Å². The third-order valence-corrected chi connectivity index (χ3v) is 20.6. The molecule has 9 aromatic rings. The fourth-order valence-electron chi connectivity index (χ4n) is 13.8. The van der Waals surface area contributed by atoms with E-state index >= 15 is 0 Å². The molecule has 0 saturated carbocycles. The molecule has 13 nitrogen and oxygen atoms in total. The minimum Gasteiger partial charge on any atom is -0.481 e. The van der Waals surface area contributed by atoms with Crippen LogP contribution in [-0.2, 0) is 56.3 Å². The molecule has 640 valence electrons. The van der Waals surface area contributed by atoms with E-state index in [2.05, 4.69) is 115 Å². The number of aromatic nitrogens is 3. The number of carboxylic acid groups (broad SMARTS) is 3. The van der Waals surface area contributed by atoms with Gasteiger partial charge in [0.15, 0.2) is 0 Å². The lowest BCUT2D eigenvalue weighted by Gasteiger charge is -2.31. The molecule has 0 aliphatic carbocycles. The molecular formula is C94H109F12N7O6. The number of hydrogen-bond acceptors (Lipinski definition) is 10. The Morgan fingerprint density at radius 2 is 0.655 bits per heavy atom. The minimum atomic E-state index is -4.53. The van der Waals surface area contributed by atoms with Crippen molar-refractivity contribution in [2.75, 3.05) is 54.0 Å². The molecule has 2 unspecified atom stereocenters. The molecule has 119 heavy (non-hydrogen) atoms. The van der Waals surface area contributed by atoms with Crippen LogP contribution in [0.25, 0.3) is 33.8 Å². The maximum absolute atomic E-state index is 13.3. The summed E-state index contributed by atoms with van der Waals surface area (Å²) in [5, 5.41) is 29.7. The number of hydrogen-bond donors (Lipinski definition) is 3. The highest BCUT2D eigenvalue weighted by atomic mass is 19.4. The molecule has 3 aromatic heterocycles. The third-order valence-electron chi connectivity index (χ3n) is 20.6. The Labute approximate surface area is 690 Å². The Bertz CT molecular complexity index is 4780. The van der Waals surface area contributed by atoms with E-state index in [4.69, 9.17) is 15.0 Å². The zero-order valence-electron chi connectivity index (χ0n) is 69.9. The van der Waals surface area contributed by atoms with Crippen LogP contribution in [0.1, 0.15) is 204 Å². The second-order valence-electron chi connectivity index (χ2n) is 34.2. The highest BCUT2D eigenvalue weighted by molar-refractivity contribution is 5.80. The third kappa shape index (κ3) is 27.6. The zero-order chi connectivity index (χ0) is 87.9. The molecule has 1 fully saturated rings. The summed E-state index contributed by atoms with van der Waals surface area (Å²) in [5.74, 6) is -2.23. The van der Waals surface area contributed by atoms with E-state index in [0.29, 0.717) is 119 Å². The fourth-order valence-corrected chi connectivity index (χ4v) is 13.8. The number of piperidine rings is 1. The summed E-state index contributed by atoms with van der Waals surface area (Å²) in [5.41, 5.74) is 5.53. The number of carbonyl (C=O) groups is 3. The van der Waals surface area contributed by atoms with E-state index in [0.717, 1.165) is 105 Å². The van der Waals surface area contributed by atoms with Gasteiger partial charge < -0.3 is 34.9 Å². The topological polar surface area (TPSA) is 164 Å². The number of likely N-dealkylation sites (tertiary alicyclic amines) is 1. The van der Waals surface area contributed by atoms with Crippen molar-refractivity contribution in [3.05, 3.63) is 232 Å². The number of anilines is 6. The van der Waals surface area contributed by atoms with Crippen LogP contribution in [0.4, 0.5) is 87.2 Å². The van der Waals surface area contributed by atoms with E-state index in [1.807, 2.05) is 50.8 Å². The van der Waals surface area contributed by atoms with E-state index in [1.165, 1.54) is 59.7 Å². The highest BCUT2D eigenvalue weighted by Gasteiger charge is 2.35. The lowest BCUT2D eigenvalue weighted by atomic mass is 9.87. The largest absolute Gasteiger partial charge is 0.481 e. The lowest BCUT2D eigenvalue weighted by molar-refractivity contribution is -0.140. The summed E-state index contributed by atoms with van der Waals surface area (Å²) < 4.78 is 159. The quantitative estimate of drug-likeness (QED) is 0.0397. The van der Waals surface area contributed by atoms with Crippen molar-refractivity contribution in [2.24, 2.45) is 23.7 Å². The number of benzene rings is 6. The molecule has 1 saturated heterocycles. The number of rotatable bonds is 28. The van der Waals surface area contributed by atoms with Gasteiger partial charge in [-0.05, 0) is 235 Å². The summed E-state index contributed by atoms with van der Waals surface area (Å²) in [4.78, 5) is 58.8. The average Bonchev–Trinajstić information content (AvgIpc) is 0.794. The number of halogens is 12. The molecule has 0 radical (unpaired) electrons. The van der Waals surface area contributed by atoms with Gasteiger partial charge in [0.1, 0.15) is 17.5 Å². The Morgan fingerprint density at radius 3 is 0.933 bits per heavy atom. The number of carboxylic acids is 3. The van der Waals surface area contributed by atoms with Crippen molar-refractivity contribution < 1.29 is 82.4 Å². The van der Waals surface area contributed by atoms with Crippen molar-refractivity contribution in [1.29, 1.82) is 0 Å². The Hall–Kier alpha value is -10.3. The van der Waals surface area contributed by atoms with Gasteiger partial charge in [0.25, 0.3) is 0 Å². The van der Waals surface area contributed by atoms with Gasteiger partial charge in [0, 0.05) is 59.9 Å². The summed E-state index contributed by atoms with van der Waals surface area (Å²) in [7, 11) is 0. The lowest BCUT2D eigenvalue weighted by Crippen LogP contribution is -2.36. The van der Waals surface area contributed by atoms with Crippen molar-refractivity contribution in [3.8, 4) is 33.8 Å². The molecule has 0 amide bonds. The van der Waals surface area contributed by atoms with Gasteiger partial charge in [-0.1, -0.05) is 164 Å². The van der Waals surface area contributed by atoms with Gasteiger partial charge >= 0.3 is 42.6 Å². The van der Waals surface area contributed by atoms with Gasteiger partial charge in [0.05, 0.1) is 57.6 Å². The number of pyridine rings is 3. The van der Waals surface area contributed by atoms with Gasteiger partial charge in [-0.25, -0.2) is 15.0 Å². The van der Waals surface area contributed by atoms with Crippen molar-refractivity contribution in [3.63, 3.8) is 0 Å². The zero-order valence-corrected chi connectivity index (χ0v) is 69.9. The van der Waals surface area contributed by atoms with Crippen LogP contribution in [0.2, 0.25) is 0 Å². The van der Waals surface area contributed by atoms with Crippen LogP contribution < -0.4 is 14.7 Å². The average molecular weight is 1660 g/mol. The van der Waals surface area contributed by atoms with Crippen molar-refractivity contribution in [1.82, 2.24) is 19.9 Å². The fraction of sp³-hybridized carbons (Fsp3) is 0.426. The summed E-state index contributed by atoms with van der Waals surface area (Å²) >= 11 is 0. The van der Waals surface area contributed by atoms with Crippen molar-refractivity contribution >= 4 is 52.4 Å². The Balaban J connectivity index is 0.000000223. The Morgan fingerprint density at radius 1 is 0.370 bits per heavy atom. The highest BCUT2D eigenvalue weighted by Crippen LogP contribution is 2.42. The first kappa shape index (κ1) is 94.2. The van der Waals surface area contributed by atoms with Crippen LogP contribution >= 0.6 is 0 Å². The van der Waals surface area contributed by atoms with Crippen LogP contribution in [0.3, 0.4) is 0 Å². The second-order valence-corrected chi connectivity index (χ2v) is 34.2. The van der Waals surface area contributed by atoms with E-state index in [1.54, 1.807) is 35.2 Å². The summed E-state index contributed by atoms with van der Waals surface area (Å²) in [6.07, 6.45) is -12.4. The molecule has 25 heteroatoms. The molecule has 10 rings (SSSR count). The number of aliphatic carboxylic acids is 3. The maximum atomic E-state index is 13.3. The number of nitrogens with zero attached hydrogens (tertiary/aromatic N) is 7. The maximum Gasteiger partial charge on any atom is 0.416 e. The number of alkyl halides is 12. The summed E-state index contributed by atoms with van der Waals surface area (Å²) in [6.45, 7) is 33.2. The molecular weight excluding hydrogens is 1550 g/mol. The van der Waals surface area contributed by atoms with Crippen LogP contribution in [0.5, 0.6) is 0 Å². The molecule has 2 atom stereocenters. The molecule has 0 bridgehead atoms. The van der Waals surface area contributed by atoms with E-state index in [-0.39, 0.29) is 34.8 Å². The molecule has 1 aliphatic heterocycles. The van der Waals surface area contributed by atoms with Crippen LogP contribution in [0.15, 0.2) is 182 Å². The predicted molar refractivity (Wildman–Crippen MR) is 447 cm³/mol. The molecule has 6 aromatic carbocycles.